The minimum atomic E-state index is -0.738. The quantitative estimate of drug-likeness (QED) is 0.234. The normalized spacial score (nSPS) is 22.2. The average Bonchev–Trinajstić information content (AvgIpc) is 2.36. The lowest BCUT2D eigenvalue weighted by atomic mass is 10.2. The third kappa shape index (κ3) is 1.72. The molecule has 5 heteroatoms. The Bertz CT molecular complexity index is 242. The van der Waals surface area contributed by atoms with Gasteiger partial charge in [-0.15, -0.1) is 0 Å². The van der Waals surface area contributed by atoms with E-state index >= 15 is 0 Å². The van der Waals surface area contributed by atoms with Crippen LogP contribution in [0.25, 0.3) is 5.53 Å². The van der Waals surface area contributed by atoms with Gasteiger partial charge in [-0.05, 0) is 0 Å². The molecule has 0 unspecified atom stereocenters. The van der Waals surface area contributed by atoms with Crippen LogP contribution in [0.5, 0.6) is 0 Å². The number of nitrogens with zero attached hydrogens (tertiary/aromatic N) is 2. The molecule has 0 amide bonds. The summed E-state index contributed by atoms with van der Waals surface area (Å²) in [6.07, 6.45) is 0.640. The smallest absolute Gasteiger partial charge is 0.327 e. The van der Waals surface area contributed by atoms with E-state index in [1.54, 1.807) is 0 Å². The van der Waals surface area contributed by atoms with Gasteiger partial charge in [0, 0.05) is 12.8 Å². The zero-order chi connectivity index (χ0) is 8.27. The number of hydrogen-bond acceptors (Lipinski definition) is 3. The van der Waals surface area contributed by atoms with Crippen molar-refractivity contribution in [2.24, 2.45) is 0 Å². The lowest BCUT2D eigenvalue weighted by molar-refractivity contribution is -0.145. The molecule has 5 nitrogen and oxygen atoms in total. The molecule has 1 saturated heterocycles. The van der Waals surface area contributed by atoms with Crippen LogP contribution in [0.15, 0.2) is 0 Å². The van der Waals surface area contributed by atoms with Crippen LogP contribution in [-0.2, 0) is 14.3 Å². The Hall–Kier alpha value is -1.48. The molecule has 0 spiro atoms. The summed E-state index contributed by atoms with van der Waals surface area (Å²) in [7, 11) is 0. The van der Waals surface area contributed by atoms with Crippen molar-refractivity contribution in [3.8, 4) is 0 Å². The van der Waals surface area contributed by atoms with Gasteiger partial charge in [0.25, 0.3) is 5.78 Å². The van der Waals surface area contributed by atoms with E-state index in [0.29, 0.717) is 6.42 Å². The summed E-state index contributed by atoms with van der Waals surface area (Å²) < 4.78 is 4.58. The highest BCUT2D eigenvalue weighted by molar-refractivity contribution is 6.27. The Balaban J connectivity index is 2.56. The zero-order valence-electron chi connectivity index (χ0n) is 5.69. The molecule has 0 aromatic rings. The third-order valence-corrected chi connectivity index (χ3v) is 1.39. The van der Waals surface area contributed by atoms with Crippen LogP contribution in [0.1, 0.15) is 12.8 Å². The monoisotopic (exact) mass is 154 g/mol. The lowest BCUT2D eigenvalue weighted by Crippen LogP contribution is -2.21. The van der Waals surface area contributed by atoms with Crippen molar-refractivity contribution in [1.82, 2.24) is 0 Å². The van der Waals surface area contributed by atoms with Crippen molar-refractivity contribution < 1.29 is 19.1 Å². The Labute approximate surface area is 62.6 Å². The molecule has 1 atom stereocenters. The predicted octanol–water partition coefficient (Wildman–Crippen LogP) is -0.438. The third-order valence-electron chi connectivity index (χ3n) is 1.39. The maximum atomic E-state index is 10.8. The van der Waals surface area contributed by atoms with E-state index in [2.05, 4.69) is 9.53 Å². The van der Waals surface area contributed by atoms with Crippen molar-refractivity contribution in [1.29, 1.82) is 0 Å². The Morgan fingerprint density at radius 3 is 3.00 bits per heavy atom. The first-order valence-electron chi connectivity index (χ1n) is 3.15. The van der Waals surface area contributed by atoms with Crippen LogP contribution in [0.3, 0.4) is 0 Å². The number of carbonyl (C=O) groups is 2. The first-order chi connectivity index (χ1) is 5.24. The molecule has 11 heavy (non-hydrogen) atoms. The number of hydrogen-bond donors (Lipinski definition) is 0. The second-order valence-corrected chi connectivity index (χ2v) is 2.16. The van der Waals surface area contributed by atoms with Gasteiger partial charge in [-0.3, -0.25) is 9.59 Å². The molecule has 0 aromatic heterocycles. The summed E-state index contributed by atoms with van der Waals surface area (Å²) in [5.41, 5.74) is 7.97. The van der Waals surface area contributed by atoms with Crippen molar-refractivity contribution in [3.63, 3.8) is 0 Å². The molecule has 0 saturated carbocycles. The van der Waals surface area contributed by atoms with E-state index in [0.717, 1.165) is 6.21 Å². The highest BCUT2D eigenvalue weighted by Crippen LogP contribution is 2.13. The SMILES string of the molecule is [N-]=[N+]=CC(=O)[C@@H]1CCC(=O)O1. The van der Waals surface area contributed by atoms with Gasteiger partial charge in [0.05, 0.1) is 0 Å². The van der Waals surface area contributed by atoms with Crippen molar-refractivity contribution in [3.05, 3.63) is 5.53 Å². The van der Waals surface area contributed by atoms with Gasteiger partial charge in [-0.25, -0.2) is 0 Å². The van der Waals surface area contributed by atoms with Crippen LogP contribution in [-0.4, -0.2) is 28.9 Å². The molecule has 58 valence electrons. The zero-order valence-corrected chi connectivity index (χ0v) is 5.69. The summed E-state index contributed by atoms with van der Waals surface area (Å²) in [5, 5.41) is 0. The first kappa shape index (κ1) is 7.63. The number of ketones is 1. The van der Waals surface area contributed by atoms with Crippen LogP contribution >= 0.6 is 0 Å². The molecule has 1 fully saturated rings. The predicted molar refractivity (Wildman–Crippen MR) is 33.8 cm³/mol. The van der Waals surface area contributed by atoms with Crippen LogP contribution in [0.2, 0.25) is 0 Å². The van der Waals surface area contributed by atoms with Crippen molar-refractivity contribution in [2.45, 2.75) is 18.9 Å². The standard InChI is InChI=1S/C6H6N2O3/c7-8-3-4(9)5-1-2-6(10)11-5/h3,5H,1-2H2/t5-/m0/s1. The van der Waals surface area contributed by atoms with Crippen LogP contribution < -0.4 is 0 Å². The van der Waals surface area contributed by atoms with E-state index in [1.807, 2.05) is 0 Å². The molecule has 1 aliphatic heterocycles. The molecule has 0 radical (unpaired) electrons. The fraction of sp³-hybridized carbons (Fsp3) is 0.500. The number of cyclic esters (lactones) is 1. The van der Waals surface area contributed by atoms with Crippen molar-refractivity contribution >= 4 is 18.0 Å². The summed E-state index contributed by atoms with van der Waals surface area (Å²) in [5.74, 6) is -0.854. The Morgan fingerprint density at radius 1 is 1.82 bits per heavy atom. The summed E-state index contributed by atoms with van der Waals surface area (Å²) in [6, 6.07) is 0. The van der Waals surface area contributed by atoms with Crippen LogP contribution in [0.4, 0.5) is 0 Å². The molecule has 1 heterocycles. The highest BCUT2D eigenvalue weighted by atomic mass is 16.6. The molecule has 0 bridgehead atoms. The second-order valence-electron chi connectivity index (χ2n) is 2.16. The Morgan fingerprint density at radius 2 is 2.55 bits per heavy atom. The second kappa shape index (κ2) is 3.07. The van der Waals surface area contributed by atoms with E-state index in [4.69, 9.17) is 5.53 Å². The van der Waals surface area contributed by atoms with Gasteiger partial charge in [0.2, 0.25) is 0 Å². The number of carbonyl (C=O) groups excluding carboxylic acids is 2. The molecule has 0 N–H and O–H groups in total. The lowest BCUT2D eigenvalue weighted by Gasteiger charge is -1.98. The molecule has 0 aliphatic carbocycles. The van der Waals surface area contributed by atoms with Gasteiger partial charge in [0.15, 0.2) is 6.10 Å². The van der Waals surface area contributed by atoms with Gasteiger partial charge in [-0.2, -0.15) is 4.79 Å². The largest absolute Gasteiger partial charge is 0.454 e. The van der Waals surface area contributed by atoms with Gasteiger partial charge in [0.1, 0.15) is 0 Å². The fourth-order valence-corrected chi connectivity index (χ4v) is 0.866. The van der Waals surface area contributed by atoms with E-state index < -0.39 is 11.9 Å². The number of Topliss-reactive ketones (excluding diaryl/α,β-unsaturated/α-hetero) is 1. The van der Waals surface area contributed by atoms with E-state index in [9.17, 15) is 9.59 Å². The summed E-state index contributed by atoms with van der Waals surface area (Å²) >= 11 is 0. The minimum Gasteiger partial charge on any atom is -0.454 e. The van der Waals surface area contributed by atoms with Crippen LogP contribution in [0, 0.1) is 0 Å². The highest BCUT2D eigenvalue weighted by Gasteiger charge is 2.30. The molecular formula is C6H6N2O3. The Kier molecular flexibility index (Phi) is 2.13. The number of esters is 1. The minimum absolute atomic E-state index is 0.260. The van der Waals surface area contributed by atoms with Crippen molar-refractivity contribution in [2.75, 3.05) is 0 Å². The fourth-order valence-electron chi connectivity index (χ4n) is 0.866. The van der Waals surface area contributed by atoms with E-state index in [-0.39, 0.29) is 12.4 Å². The topological polar surface area (TPSA) is 79.8 Å². The number of rotatable bonds is 2. The maximum absolute atomic E-state index is 10.8. The molecular weight excluding hydrogens is 148 g/mol. The van der Waals surface area contributed by atoms with Gasteiger partial charge >= 0.3 is 12.2 Å². The molecule has 1 rings (SSSR count). The summed E-state index contributed by atoms with van der Waals surface area (Å²) in [4.78, 5) is 23.8. The average molecular weight is 154 g/mol. The molecule has 1 aliphatic rings. The van der Waals surface area contributed by atoms with E-state index in [1.165, 1.54) is 0 Å². The van der Waals surface area contributed by atoms with Gasteiger partial charge in [-0.1, -0.05) is 0 Å². The van der Waals surface area contributed by atoms with Gasteiger partial charge < -0.3 is 10.3 Å². The first-order valence-corrected chi connectivity index (χ1v) is 3.15. The number of ether oxygens (including phenoxy) is 1. The maximum Gasteiger partial charge on any atom is 0.327 e. The molecule has 0 aromatic carbocycles. The summed E-state index contributed by atoms with van der Waals surface area (Å²) in [6.45, 7) is 0.